The van der Waals surface area contributed by atoms with E-state index in [0.717, 1.165) is 26.9 Å². The molecule has 154 valence electrons. The molecule has 0 aliphatic carbocycles. The summed E-state index contributed by atoms with van der Waals surface area (Å²) in [7, 11) is -3.78. The van der Waals surface area contributed by atoms with Gasteiger partial charge in [-0.15, -0.1) is 11.3 Å². The Morgan fingerprint density at radius 1 is 0.933 bits per heavy atom. The minimum atomic E-state index is -3.78. The number of hydrogen-bond donors (Lipinski definition) is 1. The Labute approximate surface area is 179 Å². The average molecular weight is 439 g/mol. The highest BCUT2D eigenvalue weighted by atomic mass is 32.2. The third-order valence-corrected chi connectivity index (χ3v) is 7.66. The number of H-pyrrole nitrogens is 1. The van der Waals surface area contributed by atoms with Gasteiger partial charge in [0, 0.05) is 29.0 Å². The van der Waals surface area contributed by atoms with Gasteiger partial charge >= 0.3 is 0 Å². The van der Waals surface area contributed by atoms with Crippen LogP contribution in [0.2, 0.25) is 0 Å². The predicted octanol–water partition coefficient (Wildman–Crippen LogP) is 4.60. The van der Waals surface area contributed by atoms with Crippen LogP contribution in [-0.2, 0) is 23.1 Å². The summed E-state index contributed by atoms with van der Waals surface area (Å²) in [5.74, 6) is 0. The summed E-state index contributed by atoms with van der Waals surface area (Å²) < 4.78 is 28.2. The Morgan fingerprint density at radius 3 is 2.37 bits per heavy atom. The van der Waals surface area contributed by atoms with Crippen LogP contribution in [0.4, 0.5) is 0 Å². The Hall–Kier alpha value is -2.74. The van der Waals surface area contributed by atoms with E-state index < -0.39 is 10.0 Å². The van der Waals surface area contributed by atoms with E-state index in [2.05, 4.69) is 4.98 Å². The molecule has 5 nitrogen and oxygen atoms in total. The number of rotatable bonds is 6. The molecule has 1 N–H and O–H groups in total. The van der Waals surface area contributed by atoms with Gasteiger partial charge in [0.15, 0.2) is 0 Å². The Kier molecular flexibility index (Phi) is 5.60. The molecule has 0 saturated heterocycles. The summed E-state index contributed by atoms with van der Waals surface area (Å²) in [6.07, 6.45) is 0. The molecule has 0 saturated carbocycles. The summed E-state index contributed by atoms with van der Waals surface area (Å²) in [6, 6.07) is 18.1. The summed E-state index contributed by atoms with van der Waals surface area (Å²) in [5.41, 5.74) is 2.94. The smallest absolute Gasteiger partial charge is 0.252 e. The zero-order valence-electron chi connectivity index (χ0n) is 16.8. The van der Waals surface area contributed by atoms with Crippen molar-refractivity contribution in [2.45, 2.75) is 31.8 Å². The van der Waals surface area contributed by atoms with E-state index in [1.165, 1.54) is 15.6 Å². The number of fused-ring (bicyclic) bond motifs is 1. The van der Waals surface area contributed by atoms with Crippen LogP contribution in [-0.4, -0.2) is 17.7 Å². The van der Waals surface area contributed by atoms with Crippen molar-refractivity contribution in [2.75, 3.05) is 0 Å². The number of aromatic nitrogens is 1. The first-order valence-electron chi connectivity index (χ1n) is 9.55. The summed E-state index contributed by atoms with van der Waals surface area (Å²) in [5, 5.41) is 2.80. The van der Waals surface area contributed by atoms with E-state index in [0.29, 0.717) is 5.56 Å². The minimum Gasteiger partial charge on any atom is -0.322 e. The Morgan fingerprint density at radius 2 is 1.67 bits per heavy atom. The first-order valence-corrected chi connectivity index (χ1v) is 11.9. The molecule has 7 heteroatoms. The maximum Gasteiger partial charge on any atom is 0.252 e. The van der Waals surface area contributed by atoms with Crippen LogP contribution in [0.15, 0.2) is 75.7 Å². The maximum absolute atomic E-state index is 13.4. The van der Waals surface area contributed by atoms with E-state index in [-0.39, 0.29) is 23.5 Å². The van der Waals surface area contributed by atoms with Crippen molar-refractivity contribution in [3.63, 3.8) is 0 Å². The van der Waals surface area contributed by atoms with Gasteiger partial charge in [0.25, 0.3) is 5.56 Å². The van der Waals surface area contributed by atoms with Crippen LogP contribution in [0.25, 0.3) is 10.9 Å². The van der Waals surface area contributed by atoms with Crippen molar-refractivity contribution >= 4 is 32.3 Å². The second kappa shape index (κ2) is 8.18. The van der Waals surface area contributed by atoms with Crippen LogP contribution < -0.4 is 5.56 Å². The lowest BCUT2D eigenvalue weighted by Crippen LogP contribution is -2.32. The molecule has 0 atom stereocenters. The molecule has 4 aromatic rings. The third kappa shape index (κ3) is 4.23. The Bertz CT molecular complexity index is 1340. The zero-order chi connectivity index (χ0) is 21.3. The number of hydrogen-bond acceptors (Lipinski definition) is 4. The lowest BCUT2D eigenvalue weighted by atomic mass is 10.1. The van der Waals surface area contributed by atoms with Crippen LogP contribution in [0.3, 0.4) is 0 Å². The quantitative estimate of drug-likeness (QED) is 0.478. The number of sulfonamides is 1. The van der Waals surface area contributed by atoms with Gasteiger partial charge in [-0.3, -0.25) is 4.79 Å². The second-order valence-corrected chi connectivity index (χ2v) is 10.4. The molecule has 0 aliphatic rings. The van der Waals surface area contributed by atoms with Gasteiger partial charge in [0.2, 0.25) is 10.0 Å². The normalized spacial score (nSPS) is 12.0. The molecule has 0 unspecified atom stereocenters. The predicted molar refractivity (Wildman–Crippen MR) is 121 cm³/mol. The molecule has 4 rings (SSSR count). The van der Waals surface area contributed by atoms with Crippen molar-refractivity contribution in [2.24, 2.45) is 0 Å². The van der Waals surface area contributed by atoms with Crippen molar-refractivity contribution in [1.82, 2.24) is 9.29 Å². The number of aryl methyl sites for hydroxylation is 2. The second-order valence-electron chi connectivity index (χ2n) is 7.38. The molecule has 0 spiro atoms. The number of benzene rings is 2. The highest BCUT2D eigenvalue weighted by Crippen LogP contribution is 2.23. The lowest BCUT2D eigenvalue weighted by molar-refractivity contribution is 0.402. The topological polar surface area (TPSA) is 70.2 Å². The zero-order valence-corrected chi connectivity index (χ0v) is 18.4. The highest BCUT2D eigenvalue weighted by molar-refractivity contribution is 7.89. The van der Waals surface area contributed by atoms with E-state index in [1.54, 1.807) is 30.3 Å². The molecule has 30 heavy (non-hydrogen) atoms. The van der Waals surface area contributed by atoms with Crippen molar-refractivity contribution in [1.29, 1.82) is 0 Å². The molecule has 0 radical (unpaired) electrons. The molecule has 0 bridgehead atoms. The fraction of sp³-hybridized carbons (Fsp3) is 0.174. The van der Waals surface area contributed by atoms with E-state index in [1.807, 2.05) is 49.6 Å². The summed E-state index contributed by atoms with van der Waals surface area (Å²) >= 11 is 1.49. The van der Waals surface area contributed by atoms with E-state index in [9.17, 15) is 13.2 Å². The molecular formula is C23H22N2O3S2. The molecule has 0 fully saturated rings. The largest absolute Gasteiger partial charge is 0.322 e. The van der Waals surface area contributed by atoms with Crippen LogP contribution >= 0.6 is 11.3 Å². The van der Waals surface area contributed by atoms with Gasteiger partial charge in [-0.25, -0.2) is 8.42 Å². The minimum absolute atomic E-state index is 0.00662. The monoisotopic (exact) mass is 438 g/mol. The van der Waals surface area contributed by atoms with E-state index in [4.69, 9.17) is 0 Å². The summed E-state index contributed by atoms with van der Waals surface area (Å²) in [4.78, 5) is 16.7. The number of aromatic amines is 1. The molecule has 2 heterocycles. The molecule has 0 amide bonds. The van der Waals surface area contributed by atoms with Crippen LogP contribution in [0.5, 0.6) is 0 Å². The van der Waals surface area contributed by atoms with Gasteiger partial charge in [-0.2, -0.15) is 4.31 Å². The first kappa shape index (κ1) is 20.5. The third-order valence-electron chi connectivity index (χ3n) is 4.99. The summed E-state index contributed by atoms with van der Waals surface area (Å²) in [6.45, 7) is 4.10. The highest BCUT2D eigenvalue weighted by Gasteiger charge is 2.26. The van der Waals surface area contributed by atoms with Gasteiger partial charge < -0.3 is 4.98 Å². The van der Waals surface area contributed by atoms with Gasteiger partial charge in [0.1, 0.15) is 0 Å². The van der Waals surface area contributed by atoms with E-state index >= 15 is 0 Å². The van der Waals surface area contributed by atoms with Gasteiger partial charge in [-0.05, 0) is 61.0 Å². The fourth-order valence-corrected chi connectivity index (χ4v) is 5.54. The van der Waals surface area contributed by atoms with Gasteiger partial charge in [0.05, 0.1) is 4.90 Å². The number of nitrogens with one attached hydrogen (secondary N) is 1. The van der Waals surface area contributed by atoms with Crippen LogP contribution in [0, 0.1) is 13.8 Å². The first-order chi connectivity index (χ1) is 14.3. The fourth-order valence-electron chi connectivity index (χ4n) is 3.34. The number of pyridine rings is 1. The maximum atomic E-state index is 13.4. The van der Waals surface area contributed by atoms with Crippen molar-refractivity contribution in [3.05, 3.63) is 98.0 Å². The molecule has 2 aromatic carbocycles. The SMILES string of the molecule is Cc1ccc(S(=O)(=O)N(Cc2cccs2)Cc2cc3cc(C)ccc3[nH]c2=O)cc1. The number of thiophene rings is 1. The van der Waals surface area contributed by atoms with Crippen molar-refractivity contribution in [3.8, 4) is 0 Å². The lowest BCUT2D eigenvalue weighted by Gasteiger charge is -2.22. The number of nitrogens with zero attached hydrogens (tertiary/aromatic N) is 1. The van der Waals surface area contributed by atoms with Crippen molar-refractivity contribution < 1.29 is 8.42 Å². The molecule has 0 aliphatic heterocycles. The molecule has 2 aromatic heterocycles. The van der Waals surface area contributed by atoms with Crippen LogP contribution in [0.1, 0.15) is 21.6 Å². The van der Waals surface area contributed by atoms with Gasteiger partial charge in [-0.1, -0.05) is 35.4 Å². The molecular weight excluding hydrogens is 416 g/mol. The Balaban J connectivity index is 1.77. The average Bonchev–Trinajstić information content (AvgIpc) is 3.22. The standard InChI is InChI=1S/C23H22N2O3S2/c1-16-5-8-21(9-6-16)30(27,28)25(15-20-4-3-11-29-20)14-19-13-18-12-17(2)7-10-22(18)24-23(19)26/h3-13H,14-15H2,1-2H3,(H,24,26).